The Labute approximate surface area is 112 Å². The quantitative estimate of drug-likeness (QED) is 0.874. The molecule has 0 radical (unpaired) electrons. The van der Waals surface area contributed by atoms with E-state index in [1.807, 2.05) is 49.4 Å². The van der Waals surface area contributed by atoms with Crippen LogP contribution in [0.2, 0.25) is 5.02 Å². The Morgan fingerprint density at radius 2 is 1.78 bits per heavy atom. The molecule has 0 heterocycles. The molecule has 0 bridgehead atoms. The van der Waals surface area contributed by atoms with Crippen molar-refractivity contribution in [2.24, 2.45) is 0 Å². The van der Waals surface area contributed by atoms with Crippen LogP contribution in [0.4, 0.5) is 0 Å². The monoisotopic (exact) mass is 262 g/mol. The number of aliphatic hydroxyl groups excluding tert-OH is 1. The van der Waals surface area contributed by atoms with Gasteiger partial charge in [-0.25, -0.2) is 0 Å². The summed E-state index contributed by atoms with van der Waals surface area (Å²) in [5.74, 6) is 1.33. The molecule has 0 aliphatic rings. The third kappa shape index (κ3) is 3.03. The molecule has 3 heteroatoms. The normalized spacial score (nSPS) is 12.2. The first-order valence-electron chi connectivity index (χ1n) is 5.91. The molecule has 1 atom stereocenters. The van der Waals surface area contributed by atoms with E-state index in [4.69, 9.17) is 16.3 Å². The number of hydrogen-bond acceptors (Lipinski definition) is 2. The summed E-state index contributed by atoms with van der Waals surface area (Å²) in [7, 11) is 0. The van der Waals surface area contributed by atoms with Crippen molar-refractivity contribution in [2.45, 2.75) is 19.4 Å². The van der Waals surface area contributed by atoms with Crippen LogP contribution in [0, 0.1) is 0 Å². The van der Waals surface area contributed by atoms with Crippen LogP contribution in [-0.4, -0.2) is 5.11 Å². The topological polar surface area (TPSA) is 29.5 Å². The van der Waals surface area contributed by atoms with E-state index >= 15 is 0 Å². The van der Waals surface area contributed by atoms with E-state index in [1.165, 1.54) is 0 Å². The fourth-order valence-corrected chi connectivity index (χ4v) is 1.82. The van der Waals surface area contributed by atoms with Gasteiger partial charge in [0.25, 0.3) is 0 Å². The SMILES string of the molecule is CCC(O)c1ccc(Oc2ccccc2Cl)cc1. The van der Waals surface area contributed by atoms with Crippen LogP contribution < -0.4 is 4.74 Å². The fraction of sp³-hybridized carbons (Fsp3) is 0.200. The van der Waals surface area contributed by atoms with Crippen LogP contribution in [0.15, 0.2) is 48.5 Å². The zero-order valence-electron chi connectivity index (χ0n) is 10.1. The van der Waals surface area contributed by atoms with E-state index in [0.717, 1.165) is 5.56 Å². The molecule has 1 N–H and O–H groups in total. The lowest BCUT2D eigenvalue weighted by molar-refractivity contribution is 0.173. The van der Waals surface area contributed by atoms with E-state index in [2.05, 4.69) is 0 Å². The number of hydrogen-bond donors (Lipinski definition) is 1. The average molecular weight is 263 g/mol. The molecule has 18 heavy (non-hydrogen) atoms. The molecule has 94 valence electrons. The molecule has 0 saturated carbocycles. The van der Waals surface area contributed by atoms with Crippen LogP contribution in [0.5, 0.6) is 11.5 Å². The second-order valence-corrected chi connectivity index (χ2v) is 4.43. The van der Waals surface area contributed by atoms with E-state index in [1.54, 1.807) is 6.07 Å². The third-order valence-electron chi connectivity index (χ3n) is 2.72. The Hall–Kier alpha value is -1.51. The lowest BCUT2D eigenvalue weighted by atomic mass is 10.1. The maximum Gasteiger partial charge on any atom is 0.146 e. The second-order valence-electron chi connectivity index (χ2n) is 4.03. The molecule has 2 aromatic rings. The maximum absolute atomic E-state index is 9.69. The molecular formula is C15H15ClO2. The van der Waals surface area contributed by atoms with Crippen LogP contribution in [0.25, 0.3) is 0 Å². The fourth-order valence-electron chi connectivity index (χ4n) is 1.65. The molecule has 2 aromatic carbocycles. The lowest BCUT2D eigenvalue weighted by Crippen LogP contribution is -1.94. The van der Waals surface area contributed by atoms with Crippen molar-refractivity contribution in [3.63, 3.8) is 0 Å². The Bertz CT molecular complexity index is 508. The first-order chi connectivity index (χ1) is 8.70. The summed E-state index contributed by atoms with van der Waals surface area (Å²) in [6.45, 7) is 1.94. The minimum Gasteiger partial charge on any atom is -0.456 e. The van der Waals surface area contributed by atoms with Crippen molar-refractivity contribution in [2.75, 3.05) is 0 Å². The molecular weight excluding hydrogens is 248 g/mol. The summed E-state index contributed by atoms with van der Waals surface area (Å²) in [5, 5.41) is 10.3. The summed E-state index contributed by atoms with van der Waals surface area (Å²) in [6, 6.07) is 14.7. The molecule has 2 rings (SSSR count). The molecule has 0 amide bonds. The zero-order valence-corrected chi connectivity index (χ0v) is 10.9. The minimum absolute atomic E-state index is 0.417. The first-order valence-corrected chi connectivity index (χ1v) is 6.29. The van der Waals surface area contributed by atoms with Gasteiger partial charge < -0.3 is 9.84 Å². The van der Waals surface area contributed by atoms with Crippen molar-refractivity contribution in [3.8, 4) is 11.5 Å². The van der Waals surface area contributed by atoms with Crippen LogP contribution in [0.3, 0.4) is 0 Å². The largest absolute Gasteiger partial charge is 0.456 e. The molecule has 2 nitrogen and oxygen atoms in total. The van der Waals surface area contributed by atoms with Crippen molar-refractivity contribution in [3.05, 3.63) is 59.1 Å². The van der Waals surface area contributed by atoms with E-state index in [0.29, 0.717) is 22.9 Å². The van der Waals surface area contributed by atoms with Gasteiger partial charge in [-0.2, -0.15) is 0 Å². The first kappa shape index (κ1) is 12.9. The molecule has 0 aromatic heterocycles. The van der Waals surface area contributed by atoms with E-state index in [9.17, 15) is 5.11 Å². The van der Waals surface area contributed by atoms with Gasteiger partial charge in [0.05, 0.1) is 11.1 Å². The standard InChI is InChI=1S/C15H15ClO2/c1-2-14(17)11-7-9-12(10-8-11)18-15-6-4-3-5-13(15)16/h3-10,14,17H,2H2,1H3. The second kappa shape index (κ2) is 5.89. The van der Waals surface area contributed by atoms with Gasteiger partial charge in [0.2, 0.25) is 0 Å². The number of benzene rings is 2. The Morgan fingerprint density at radius 3 is 2.39 bits per heavy atom. The average Bonchev–Trinajstić information content (AvgIpc) is 2.41. The van der Waals surface area contributed by atoms with Crippen molar-refractivity contribution in [1.29, 1.82) is 0 Å². The zero-order chi connectivity index (χ0) is 13.0. The van der Waals surface area contributed by atoms with Crippen molar-refractivity contribution in [1.82, 2.24) is 0 Å². The maximum atomic E-state index is 9.69. The number of rotatable bonds is 4. The van der Waals surface area contributed by atoms with Crippen molar-refractivity contribution < 1.29 is 9.84 Å². The van der Waals surface area contributed by atoms with Gasteiger partial charge in [0.15, 0.2) is 0 Å². The summed E-state index contributed by atoms with van der Waals surface area (Å²) in [6.07, 6.45) is 0.282. The highest BCUT2D eigenvalue weighted by Crippen LogP contribution is 2.29. The Balaban J connectivity index is 2.14. The molecule has 0 saturated heterocycles. The van der Waals surface area contributed by atoms with Gasteiger partial charge in [-0.15, -0.1) is 0 Å². The highest BCUT2D eigenvalue weighted by Gasteiger charge is 2.05. The van der Waals surface area contributed by atoms with E-state index < -0.39 is 6.10 Å². The highest BCUT2D eigenvalue weighted by molar-refractivity contribution is 6.32. The molecule has 0 aliphatic heterocycles. The van der Waals surface area contributed by atoms with Gasteiger partial charge in [-0.3, -0.25) is 0 Å². The van der Waals surface area contributed by atoms with E-state index in [-0.39, 0.29) is 0 Å². The summed E-state index contributed by atoms with van der Waals surface area (Å²) >= 11 is 6.01. The van der Waals surface area contributed by atoms with Gasteiger partial charge in [-0.1, -0.05) is 42.8 Å². The third-order valence-corrected chi connectivity index (χ3v) is 3.03. The smallest absolute Gasteiger partial charge is 0.146 e. The molecule has 0 aliphatic carbocycles. The lowest BCUT2D eigenvalue weighted by Gasteiger charge is -2.10. The predicted molar refractivity (Wildman–Crippen MR) is 73.2 cm³/mol. The number of ether oxygens (including phenoxy) is 1. The predicted octanol–water partition coefficient (Wildman–Crippen LogP) is 4.58. The van der Waals surface area contributed by atoms with Crippen LogP contribution >= 0.6 is 11.6 Å². The molecule has 0 fully saturated rings. The van der Waals surface area contributed by atoms with Crippen LogP contribution in [0.1, 0.15) is 25.0 Å². The summed E-state index contributed by atoms with van der Waals surface area (Å²) < 4.78 is 5.66. The minimum atomic E-state index is -0.417. The number of aliphatic hydroxyl groups is 1. The Kier molecular flexibility index (Phi) is 4.24. The summed E-state index contributed by atoms with van der Waals surface area (Å²) in [5.41, 5.74) is 0.893. The Morgan fingerprint density at radius 1 is 1.11 bits per heavy atom. The van der Waals surface area contributed by atoms with Gasteiger partial charge in [0, 0.05) is 0 Å². The molecule has 1 unspecified atom stereocenters. The number of para-hydroxylation sites is 1. The number of halogens is 1. The summed E-state index contributed by atoms with van der Waals surface area (Å²) in [4.78, 5) is 0. The van der Waals surface area contributed by atoms with Crippen molar-refractivity contribution >= 4 is 11.6 Å². The van der Waals surface area contributed by atoms with Gasteiger partial charge in [-0.05, 0) is 36.2 Å². The highest BCUT2D eigenvalue weighted by atomic mass is 35.5. The van der Waals surface area contributed by atoms with Crippen LogP contribution in [-0.2, 0) is 0 Å². The van der Waals surface area contributed by atoms with Gasteiger partial charge in [0.1, 0.15) is 11.5 Å². The van der Waals surface area contributed by atoms with Gasteiger partial charge >= 0.3 is 0 Å². The molecule has 0 spiro atoms.